The number of rotatable bonds is 6. The molecule has 0 atom stereocenters. The Morgan fingerprint density at radius 3 is 1.36 bits per heavy atom. The van der Waals surface area contributed by atoms with Crippen molar-refractivity contribution in [2.75, 3.05) is 0 Å². The van der Waals surface area contributed by atoms with E-state index in [-0.39, 0.29) is 0 Å². The highest BCUT2D eigenvalue weighted by Crippen LogP contribution is 2.32. The van der Waals surface area contributed by atoms with Gasteiger partial charge in [-0.2, -0.15) is 0 Å². The fraction of sp³-hybridized carbons (Fsp3) is 0. The van der Waals surface area contributed by atoms with Crippen molar-refractivity contribution < 1.29 is 4.42 Å². The van der Waals surface area contributed by atoms with Crippen molar-refractivity contribution in [3.8, 4) is 67.6 Å². The third-order valence-corrected chi connectivity index (χ3v) is 7.97. The summed E-state index contributed by atoms with van der Waals surface area (Å²) in [5, 5.41) is 0. The van der Waals surface area contributed by atoms with Gasteiger partial charge in [-0.25, -0.2) is 15.0 Å². The summed E-state index contributed by atoms with van der Waals surface area (Å²) < 4.78 is 6.12. The number of oxazole rings is 1. The minimum absolute atomic E-state index is 0.626. The lowest BCUT2D eigenvalue weighted by molar-refractivity contribution is 0.620. The Labute approximate surface area is 261 Å². The van der Waals surface area contributed by atoms with Crippen LogP contribution >= 0.6 is 0 Å². The molecule has 45 heavy (non-hydrogen) atoms. The number of fused-ring (bicyclic) bond motifs is 1. The van der Waals surface area contributed by atoms with E-state index >= 15 is 0 Å². The number of hydrogen-bond donors (Lipinski definition) is 0. The van der Waals surface area contributed by atoms with Crippen LogP contribution in [0.2, 0.25) is 0 Å². The zero-order valence-corrected chi connectivity index (χ0v) is 24.3. The molecule has 0 saturated heterocycles. The van der Waals surface area contributed by atoms with Crippen LogP contribution in [-0.4, -0.2) is 15.0 Å². The molecule has 8 rings (SSSR count). The molecule has 4 nitrogen and oxygen atoms in total. The SMILES string of the molecule is c1ccc(-c2ccc(-c3cc(-c4ccc(-c5ccc6nc(-c7ccccc7)oc6c5)cc4)nc(-c4ccccc4)n3)cc2)cc1. The molecule has 4 heteroatoms. The molecular formula is C41H27N3O. The molecule has 0 saturated carbocycles. The van der Waals surface area contributed by atoms with Gasteiger partial charge in [-0.1, -0.05) is 133 Å². The molecule has 8 aromatic rings. The molecule has 0 radical (unpaired) electrons. The lowest BCUT2D eigenvalue weighted by Crippen LogP contribution is -1.96. The zero-order chi connectivity index (χ0) is 30.0. The Morgan fingerprint density at radius 2 is 0.778 bits per heavy atom. The van der Waals surface area contributed by atoms with E-state index in [1.165, 1.54) is 11.1 Å². The molecule has 212 valence electrons. The third-order valence-electron chi connectivity index (χ3n) is 7.97. The van der Waals surface area contributed by atoms with Gasteiger partial charge in [0.25, 0.3) is 0 Å². The third kappa shape index (κ3) is 5.41. The maximum Gasteiger partial charge on any atom is 0.227 e. The summed E-state index contributed by atoms with van der Waals surface area (Å²) in [4.78, 5) is 14.7. The maximum atomic E-state index is 6.12. The Hall–Kier alpha value is -6.13. The van der Waals surface area contributed by atoms with Crippen LogP contribution in [0.4, 0.5) is 0 Å². The van der Waals surface area contributed by atoms with Crippen LogP contribution in [0.5, 0.6) is 0 Å². The topological polar surface area (TPSA) is 51.8 Å². The first-order valence-electron chi connectivity index (χ1n) is 14.9. The molecule has 0 unspecified atom stereocenters. The van der Waals surface area contributed by atoms with E-state index in [4.69, 9.17) is 14.4 Å². The summed E-state index contributed by atoms with van der Waals surface area (Å²) in [7, 11) is 0. The minimum Gasteiger partial charge on any atom is -0.436 e. The van der Waals surface area contributed by atoms with E-state index in [0.29, 0.717) is 11.7 Å². The molecule has 0 bridgehead atoms. The quantitative estimate of drug-likeness (QED) is 0.197. The number of nitrogens with zero attached hydrogens (tertiary/aromatic N) is 3. The van der Waals surface area contributed by atoms with Crippen molar-refractivity contribution in [3.63, 3.8) is 0 Å². The Bertz CT molecular complexity index is 2220. The standard InChI is InChI=1S/C41H27N3O/c1-4-10-28(11-5-1)29-16-20-31(21-17-29)37-27-38(43-40(42-37)33-12-6-2-7-13-33)32-22-18-30(19-23-32)35-24-25-36-39(26-35)45-41(44-36)34-14-8-3-9-15-34/h1-27H. The van der Waals surface area contributed by atoms with Crippen molar-refractivity contribution in [3.05, 3.63) is 164 Å². The normalized spacial score (nSPS) is 11.1. The molecule has 2 heterocycles. The van der Waals surface area contributed by atoms with Crippen LogP contribution in [0.15, 0.2) is 168 Å². The summed E-state index contributed by atoms with van der Waals surface area (Å²) in [6.07, 6.45) is 0. The minimum atomic E-state index is 0.626. The Morgan fingerprint density at radius 1 is 0.333 bits per heavy atom. The average molecular weight is 578 g/mol. The van der Waals surface area contributed by atoms with Crippen LogP contribution in [0.25, 0.3) is 78.7 Å². The smallest absolute Gasteiger partial charge is 0.227 e. The Balaban J connectivity index is 1.14. The lowest BCUT2D eigenvalue weighted by atomic mass is 10.0. The van der Waals surface area contributed by atoms with E-state index in [1.54, 1.807) is 0 Å². The fourth-order valence-electron chi connectivity index (χ4n) is 5.57. The molecule has 2 aromatic heterocycles. The van der Waals surface area contributed by atoms with Crippen molar-refractivity contribution >= 4 is 11.1 Å². The summed E-state index contributed by atoms with van der Waals surface area (Å²) in [6.45, 7) is 0. The van der Waals surface area contributed by atoms with E-state index in [0.717, 1.165) is 55.9 Å². The van der Waals surface area contributed by atoms with Crippen LogP contribution in [0.1, 0.15) is 0 Å². The van der Waals surface area contributed by atoms with Crippen molar-refractivity contribution in [1.82, 2.24) is 15.0 Å². The van der Waals surface area contributed by atoms with Gasteiger partial charge in [0.2, 0.25) is 5.89 Å². The summed E-state index contributed by atoms with van der Waals surface area (Å²) in [6, 6.07) is 55.8. The molecule has 0 fully saturated rings. The van der Waals surface area contributed by atoms with Gasteiger partial charge >= 0.3 is 0 Å². The van der Waals surface area contributed by atoms with Gasteiger partial charge in [-0.3, -0.25) is 0 Å². The second-order valence-corrected chi connectivity index (χ2v) is 10.9. The highest BCUT2D eigenvalue weighted by atomic mass is 16.3. The first-order chi connectivity index (χ1) is 22.3. The van der Waals surface area contributed by atoms with E-state index in [2.05, 4.69) is 96.0 Å². The van der Waals surface area contributed by atoms with Gasteiger partial charge in [-0.15, -0.1) is 0 Å². The monoisotopic (exact) mass is 577 g/mol. The van der Waals surface area contributed by atoms with Crippen LogP contribution in [0.3, 0.4) is 0 Å². The molecule has 0 spiro atoms. The first-order valence-corrected chi connectivity index (χ1v) is 14.9. The van der Waals surface area contributed by atoms with Crippen molar-refractivity contribution in [2.24, 2.45) is 0 Å². The second-order valence-electron chi connectivity index (χ2n) is 10.9. The zero-order valence-electron chi connectivity index (χ0n) is 24.3. The maximum absolute atomic E-state index is 6.12. The summed E-state index contributed by atoms with van der Waals surface area (Å²) >= 11 is 0. The van der Waals surface area contributed by atoms with Gasteiger partial charge in [-0.05, 0) is 52.6 Å². The van der Waals surface area contributed by atoms with Gasteiger partial charge in [0.1, 0.15) is 5.52 Å². The average Bonchev–Trinajstić information content (AvgIpc) is 3.57. The van der Waals surface area contributed by atoms with Gasteiger partial charge in [0.05, 0.1) is 11.4 Å². The largest absolute Gasteiger partial charge is 0.436 e. The Kier molecular flexibility index (Phi) is 6.78. The first kappa shape index (κ1) is 26.5. The van der Waals surface area contributed by atoms with Gasteiger partial charge in [0, 0.05) is 22.3 Å². The molecule has 0 aliphatic rings. The molecule has 0 aliphatic carbocycles. The molecule has 6 aromatic carbocycles. The van der Waals surface area contributed by atoms with Gasteiger partial charge < -0.3 is 4.42 Å². The van der Waals surface area contributed by atoms with E-state index in [1.807, 2.05) is 72.8 Å². The number of benzene rings is 6. The van der Waals surface area contributed by atoms with Crippen molar-refractivity contribution in [2.45, 2.75) is 0 Å². The van der Waals surface area contributed by atoms with Crippen LogP contribution < -0.4 is 0 Å². The van der Waals surface area contributed by atoms with E-state index < -0.39 is 0 Å². The van der Waals surface area contributed by atoms with E-state index in [9.17, 15) is 0 Å². The number of aromatic nitrogens is 3. The lowest BCUT2D eigenvalue weighted by Gasteiger charge is -2.11. The summed E-state index contributed by atoms with van der Waals surface area (Å²) in [5.74, 6) is 1.32. The molecule has 0 aliphatic heterocycles. The van der Waals surface area contributed by atoms with Crippen LogP contribution in [-0.2, 0) is 0 Å². The molecule has 0 N–H and O–H groups in total. The summed E-state index contributed by atoms with van der Waals surface area (Å²) in [5.41, 5.74) is 11.9. The highest BCUT2D eigenvalue weighted by Gasteiger charge is 2.13. The molecular weight excluding hydrogens is 550 g/mol. The van der Waals surface area contributed by atoms with Crippen molar-refractivity contribution in [1.29, 1.82) is 0 Å². The number of hydrogen-bond acceptors (Lipinski definition) is 4. The van der Waals surface area contributed by atoms with Gasteiger partial charge in [0.15, 0.2) is 11.4 Å². The predicted octanol–water partition coefficient (Wildman–Crippen LogP) is 10.6. The van der Waals surface area contributed by atoms with Crippen LogP contribution in [0, 0.1) is 0 Å². The fourth-order valence-corrected chi connectivity index (χ4v) is 5.57. The second kappa shape index (κ2) is 11.5. The molecule has 0 amide bonds. The predicted molar refractivity (Wildman–Crippen MR) is 182 cm³/mol. The highest BCUT2D eigenvalue weighted by molar-refractivity contribution is 5.83.